The first-order chi connectivity index (χ1) is 8.85. The summed E-state index contributed by atoms with van der Waals surface area (Å²) in [4.78, 5) is 15.4. The number of carbonyl (C=O) groups is 1. The zero-order valence-electron chi connectivity index (χ0n) is 10.3. The maximum atomic E-state index is 11.9. The average Bonchev–Trinajstić information content (AvgIpc) is 2.62. The van der Waals surface area contributed by atoms with Crippen molar-refractivity contribution in [3.05, 3.63) is 34.2 Å². The highest BCUT2D eigenvalue weighted by molar-refractivity contribution is 7.94. The summed E-state index contributed by atoms with van der Waals surface area (Å²) < 4.78 is 23.5. The molecule has 0 saturated heterocycles. The number of fused-ring (bicyclic) bond motifs is 1. The summed E-state index contributed by atoms with van der Waals surface area (Å²) in [7, 11) is -3.46. The molecule has 1 heterocycles. The van der Waals surface area contributed by atoms with Crippen molar-refractivity contribution in [3.8, 4) is 0 Å². The van der Waals surface area contributed by atoms with Crippen molar-refractivity contribution < 1.29 is 13.2 Å². The fourth-order valence-corrected chi connectivity index (χ4v) is 3.14. The molecule has 4 N–H and O–H groups in total. The van der Waals surface area contributed by atoms with Crippen LogP contribution in [0.15, 0.2) is 27.4 Å². The van der Waals surface area contributed by atoms with Crippen molar-refractivity contribution in [2.45, 2.75) is 18.2 Å². The molecule has 1 aliphatic rings. The van der Waals surface area contributed by atoms with E-state index < -0.39 is 15.7 Å². The third-order valence-electron chi connectivity index (χ3n) is 2.81. The molecular formula is C12H13N3O3S. The lowest BCUT2D eigenvalue weighted by atomic mass is 10.0. The van der Waals surface area contributed by atoms with Crippen LogP contribution in [-0.2, 0) is 16.3 Å². The van der Waals surface area contributed by atoms with E-state index in [-0.39, 0.29) is 16.4 Å². The quantitative estimate of drug-likeness (QED) is 0.601. The van der Waals surface area contributed by atoms with Gasteiger partial charge in [0.05, 0.1) is 4.90 Å². The van der Waals surface area contributed by atoms with Crippen LogP contribution in [0.25, 0.3) is 6.08 Å². The predicted octanol–water partition coefficient (Wildman–Crippen LogP) is 0.421. The molecule has 0 unspecified atom stereocenters. The van der Waals surface area contributed by atoms with Gasteiger partial charge < -0.3 is 11.5 Å². The molecule has 1 aromatic rings. The molecule has 1 amide bonds. The lowest BCUT2D eigenvalue weighted by Gasteiger charge is -2.08. The Morgan fingerprint density at radius 1 is 1.32 bits per heavy atom. The summed E-state index contributed by atoms with van der Waals surface area (Å²) in [5, 5.41) is 1.12. The number of aryl methyl sites for hydroxylation is 1. The molecule has 2 rings (SSSR count). The van der Waals surface area contributed by atoms with Gasteiger partial charge in [0.2, 0.25) is 0 Å². The Kier molecular flexibility index (Phi) is 3.15. The van der Waals surface area contributed by atoms with Crippen molar-refractivity contribution in [2.24, 2.45) is 16.5 Å². The van der Waals surface area contributed by atoms with Crippen LogP contribution in [0.3, 0.4) is 0 Å². The van der Waals surface area contributed by atoms with Crippen LogP contribution in [0.1, 0.15) is 28.4 Å². The Labute approximate surface area is 110 Å². The second kappa shape index (κ2) is 4.51. The van der Waals surface area contributed by atoms with Crippen LogP contribution in [-0.4, -0.2) is 20.3 Å². The molecule has 0 atom stereocenters. The fourth-order valence-electron chi connectivity index (χ4n) is 1.93. The Balaban J connectivity index is 2.64. The smallest absolute Gasteiger partial charge is 0.280 e. The van der Waals surface area contributed by atoms with Crippen molar-refractivity contribution in [3.63, 3.8) is 0 Å². The van der Waals surface area contributed by atoms with E-state index in [4.69, 9.17) is 11.5 Å². The molecule has 1 aromatic carbocycles. The molecule has 6 nitrogen and oxygen atoms in total. The number of carbonyl (C=O) groups excluding carboxylic acids is 1. The average molecular weight is 279 g/mol. The van der Waals surface area contributed by atoms with Crippen molar-refractivity contribution >= 4 is 27.8 Å². The van der Waals surface area contributed by atoms with Crippen molar-refractivity contribution in [2.75, 3.05) is 0 Å². The molecule has 1 aliphatic heterocycles. The summed E-state index contributed by atoms with van der Waals surface area (Å²) in [6, 6.07) is 3.00. The van der Waals surface area contributed by atoms with Gasteiger partial charge in [-0.3, -0.25) is 4.79 Å². The van der Waals surface area contributed by atoms with E-state index in [0.717, 1.165) is 5.41 Å². The zero-order chi connectivity index (χ0) is 14.2. The standard InChI is InChI=1S/C12H13N3O3S/c1-2-7-5-8-3-4-19(17,18)10(8)6-9(7)11(16)15-12(13)14/h3-6H,2H2,1H3,(H4,13,14,15,16). The Morgan fingerprint density at radius 2 is 2.00 bits per heavy atom. The van der Waals surface area contributed by atoms with Crippen LogP contribution in [0.5, 0.6) is 0 Å². The number of nitrogens with two attached hydrogens (primary N) is 2. The Hall–Kier alpha value is -2.15. The highest BCUT2D eigenvalue weighted by Gasteiger charge is 2.24. The Morgan fingerprint density at radius 3 is 2.58 bits per heavy atom. The van der Waals surface area contributed by atoms with Gasteiger partial charge >= 0.3 is 0 Å². The van der Waals surface area contributed by atoms with Gasteiger partial charge in [-0.2, -0.15) is 4.99 Å². The van der Waals surface area contributed by atoms with E-state index in [1.54, 1.807) is 6.07 Å². The van der Waals surface area contributed by atoms with Crippen LogP contribution >= 0.6 is 0 Å². The largest absolute Gasteiger partial charge is 0.370 e. The first-order valence-electron chi connectivity index (χ1n) is 5.59. The third kappa shape index (κ3) is 2.37. The third-order valence-corrected chi connectivity index (χ3v) is 4.27. The monoisotopic (exact) mass is 279 g/mol. The van der Waals surface area contributed by atoms with Gasteiger partial charge in [0, 0.05) is 11.0 Å². The molecule has 0 saturated carbocycles. The predicted molar refractivity (Wildman–Crippen MR) is 72.2 cm³/mol. The lowest BCUT2D eigenvalue weighted by Crippen LogP contribution is -2.24. The first kappa shape index (κ1) is 13.3. The summed E-state index contributed by atoms with van der Waals surface area (Å²) in [6.45, 7) is 1.86. The van der Waals surface area contributed by atoms with Gasteiger partial charge in [-0.25, -0.2) is 8.42 Å². The van der Waals surface area contributed by atoms with Crippen LogP contribution in [0.2, 0.25) is 0 Å². The SMILES string of the molecule is CCc1cc2c(cc1C(=O)N=C(N)N)S(=O)(=O)C=C2. The maximum absolute atomic E-state index is 11.9. The van der Waals surface area contributed by atoms with Gasteiger partial charge in [-0.15, -0.1) is 0 Å². The molecule has 7 heteroatoms. The Bertz CT molecular complexity index is 714. The molecule has 0 fully saturated rings. The molecule has 0 aliphatic carbocycles. The van der Waals surface area contributed by atoms with Crippen LogP contribution < -0.4 is 11.5 Å². The van der Waals surface area contributed by atoms with E-state index in [1.165, 1.54) is 12.1 Å². The van der Waals surface area contributed by atoms with E-state index in [1.807, 2.05) is 6.92 Å². The van der Waals surface area contributed by atoms with Crippen LogP contribution in [0, 0.1) is 0 Å². The molecule has 100 valence electrons. The number of amides is 1. The van der Waals surface area contributed by atoms with E-state index in [0.29, 0.717) is 17.5 Å². The number of aliphatic imine (C=N–C) groups is 1. The van der Waals surface area contributed by atoms with Gasteiger partial charge in [-0.1, -0.05) is 6.92 Å². The highest BCUT2D eigenvalue weighted by atomic mass is 32.2. The number of sulfone groups is 1. The number of benzene rings is 1. The van der Waals surface area contributed by atoms with Crippen molar-refractivity contribution in [1.29, 1.82) is 0 Å². The topological polar surface area (TPSA) is 116 Å². The summed E-state index contributed by atoms with van der Waals surface area (Å²) in [6.07, 6.45) is 2.08. The van der Waals surface area contributed by atoms with Gasteiger partial charge in [-0.05, 0) is 35.8 Å². The fraction of sp³-hybridized carbons (Fsp3) is 0.167. The molecule has 19 heavy (non-hydrogen) atoms. The maximum Gasteiger partial charge on any atom is 0.280 e. The van der Waals surface area contributed by atoms with Gasteiger partial charge in [0.1, 0.15) is 0 Å². The number of guanidine groups is 1. The van der Waals surface area contributed by atoms with E-state index in [2.05, 4.69) is 4.99 Å². The normalized spacial score (nSPS) is 15.0. The van der Waals surface area contributed by atoms with Crippen molar-refractivity contribution in [1.82, 2.24) is 0 Å². The molecule has 0 spiro atoms. The van der Waals surface area contributed by atoms with Crippen LogP contribution in [0.4, 0.5) is 0 Å². The second-order valence-corrected chi connectivity index (χ2v) is 5.89. The number of nitrogens with zero attached hydrogens (tertiary/aromatic N) is 1. The minimum Gasteiger partial charge on any atom is -0.370 e. The van der Waals surface area contributed by atoms with E-state index >= 15 is 0 Å². The van der Waals surface area contributed by atoms with Gasteiger partial charge in [0.25, 0.3) is 5.91 Å². The zero-order valence-corrected chi connectivity index (χ0v) is 11.1. The second-order valence-electron chi connectivity index (χ2n) is 4.09. The highest BCUT2D eigenvalue weighted by Crippen LogP contribution is 2.30. The minimum absolute atomic E-state index is 0.110. The van der Waals surface area contributed by atoms with E-state index in [9.17, 15) is 13.2 Å². The minimum atomic E-state index is -3.46. The molecule has 0 aromatic heterocycles. The first-order valence-corrected chi connectivity index (χ1v) is 7.14. The summed E-state index contributed by atoms with van der Waals surface area (Å²) in [5.41, 5.74) is 11.8. The lowest BCUT2D eigenvalue weighted by molar-refractivity contribution is 0.100. The number of rotatable bonds is 2. The molecule has 0 radical (unpaired) electrons. The molecule has 0 bridgehead atoms. The summed E-state index contributed by atoms with van der Waals surface area (Å²) >= 11 is 0. The summed E-state index contributed by atoms with van der Waals surface area (Å²) in [5.74, 6) is -0.990. The number of hydrogen-bond acceptors (Lipinski definition) is 3. The molecular weight excluding hydrogens is 266 g/mol. The number of hydrogen-bond donors (Lipinski definition) is 2. The van der Waals surface area contributed by atoms with Gasteiger partial charge in [0.15, 0.2) is 15.8 Å².